The number of aliphatic hydroxyl groups is 6. The fraction of sp³-hybridized carbons (Fsp3) is 0.423. The Hall–Kier alpha value is -3.51. The topological polar surface area (TPSA) is 249 Å². The molecule has 3 aromatic rings. The van der Waals surface area contributed by atoms with Crippen LogP contribution in [0.4, 0.5) is 0 Å². The van der Waals surface area contributed by atoms with Gasteiger partial charge in [-0.25, -0.2) is 0 Å². The Morgan fingerprint density at radius 3 is 2.24 bits per heavy atom. The van der Waals surface area contributed by atoms with Crippen LogP contribution < -0.4 is 10.2 Å². The van der Waals surface area contributed by atoms with Crippen molar-refractivity contribution in [2.75, 3.05) is 13.2 Å². The third-order valence-corrected chi connectivity index (χ3v) is 6.84. The number of benzene rings is 2. The Morgan fingerprint density at radius 2 is 1.51 bits per heavy atom. The van der Waals surface area contributed by atoms with Crippen molar-refractivity contribution in [1.82, 2.24) is 0 Å². The van der Waals surface area contributed by atoms with Gasteiger partial charge in [0.05, 0.1) is 13.2 Å². The molecule has 0 bridgehead atoms. The highest BCUT2D eigenvalue weighted by Gasteiger charge is 2.46. The maximum absolute atomic E-state index is 12.7. The molecule has 15 nitrogen and oxygen atoms in total. The SMILES string of the molecule is O=c1cc(-c2ccc(O)c(O)c2)oc2cc(O[C@@H]3O[C@H](CO[C@@H]4OC[C@@H](O)[C@@H](O)[C@@H]4O)[C@@H](O)[C@H](O)[C@H]3O)cc(O)c12. The van der Waals surface area contributed by atoms with Crippen LogP contribution in [-0.4, -0.2) is 114 Å². The number of aliphatic hydroxyl groups excluding tert-OH is 6. The molecule has 2 fully saturated rings. The second kappa shape index (κ2) is 11.4. The summed E-state index contributed by atoms with van der Waals surface area (Å²) < 4.78 is 27.4. The molecule has 0 aliphatic carbocycles. The molecule has 0 spiro atoms. The quantitative estimate of drug-likeness (QED) is 0.146. The highest BCUT2D eigenvalue weighted by Crippen LogP contribution is 2.35. The minimum absolute atomic E-state index is 0.0104. The van der Waals surface area contributed by atoms with Gasteiger partial charge in [-0.05, 0) is 18.2 Å². The van der Waals surface area contributed by atoms with E-state index in [1.807, 2.05) is 0 Å². The van der Waals surface area contributed by atoms with Crippen LogP contribution in [0.25, 0.3) is 22.3 Å². The van der Waals surface area contributed by atoms with Gasteiger partial charge >= 0.3 is 0 Å². The summed E-state index contributed by atoms with van der Waals surface area (Å²) in [6.07, 6.45) is -14.1. The monoisotopic (exact) mass is 580 g/mol. The molecule has 41 heavy (non-hydrogen) atoms. The third kappa shape index (κ3) is 5.67. The molecule has 3 heterocycles. The van der Waals surface area contributed by atoms with E-state index in [1.54, 1.807) is 0 Å². The normalized spacial score (nSPS) is 32.2. The van der Waals surface area contributed by atoms with Crippen LogP contribution in [0.1, 0.15) is 0 Å². The van der Waals surface area contributed by atoms with Gasteiger partial charge in [0.25, 0.3) is 0 Å². The van der Waals surface area contributed by atoms with Crippen LogP contribution in [0, 0.1) is 0 Å². The summed E-state index contributed by atoms with van der Waals surface area (Å²) in [5.74, 6) is -1.55. The fourth-order valence-corrected chi connectivity index (χ4v) is 4.53. The largest absolute Gasteiger partial charge is 0.507 e. The molecule has 0 saturated carbocycles. The molecule has 2 saturated heterocycles. The van der Waals surface area contributed by atoms with Crippen molar-refractivity contribution in [3.05, 3.63) is 46.6 Å². The molecule has 1 aromatic heterocycles. The van der Waals surface area contributed by atoms with Gasteiger partial charge in [-0.15, -0.1) is 0 Å². The Morgan fingerprint density at radius 1 is 0.780 bits per heavy atom. The van der Waals surface area contributed by atoms with Crippen LogP contribution >= 0.6 is 0 Å². The zero-order chi connectivity index (χ0) is 29.6. The van der Waals surface area contributed by atoms with E-state index in [-0.39, 0.29) is 40.4 Å². The lowest BCUT2D eigenvalue weighted by Crippen LogP contribution is -2.61. The van der Waals surface area contributed by atoms with Gasteiger partial charge in [0.15, 0.2) is 23.2 Å². The van der Waals surface area contributed by atoms with Gasteiger partial charge in [-0.2, -0.15) is 0 Å². The van der Waals surface area contributed by atoms with Crippen molar-refractivity contribution in [1.29, 1.82) is 0 Å². The summed E-state index contributed by atoms with van der Waals surface area (Å²) in [4.78, 5) is 12.7. The molecule has 2 aromatic carbocycles. The lowest BCUT2D eigenvalue weighted by atomic mass is 9.99. The first-order valence-electron chi connectivity index (χ1n) is 12.4. The van der Waals surface area contributed by atoms with Crippen molar-refractivity contribution in [2.45, 2.75) is 55.3 Å². The molecule has 5 rings (SSSR count). The lowest BCUT2D eigenvalue weighted by molar-refractivity contribution is -0.307. The molecular formula is C26H28O15. The van der Waals surface area contributed by atoms with Crippen molar-refractivity contribution in [2.24, 2.45) is 0 Å². The fourth-order valence-electron chi connectivity index (χ4n) is 4.53. The summed E-state index contributed by atoms with van der Waals surface area (Å²) in [7, 11) is 0. The van der Waals surface area contributed by atoms with Crippen molar-refractivity contribution in [3.63, 3.8) is 0 Å². The molecular weight excluding hydrogens is 552 g/mol. The van der Waals surface area contributed by atoms with Gasteiger partial charge < -0.3 is 69.3 Å². The Balaban J connectivity index is 1.36. The van der Waals surface area contributed by atoms with E-state index in [0.29, 0.717) is 0 Å². The number of phenols is 3. The number of hydrogen-bond acceptors (Lipinski definition) is 15. The average molecular weight is 580 g/mol. The van der Waals surface area contributed by atoms with Gasteiger partial charge in [0.1, 0.15) is 71.0 Å². The van der Waals surface area contributed by atoms with E-state index < -0.39 is 78.8 Å². The smallest absolute Gasteiger partial charge is 0.229 e. The zero-order valence-corrected chi connectivity index (χ0v) is 21.0. The van der Waals surface area contributed by atoms with Gasteiger partial charge in [0.2, 0.25) is 6.29 Å². The number of hydrogen-bond donors (Lipinski definition) is 9. The summed E-state index contributed by atoms with van der Waals surface area (Å²) in [6.45, 7) is -0.836. The highest BCUT2D eigenvalue weighted by atomic mass is 16.7. The molecule has 2 aliphatic heterocycles. The van der Waals surface area contributed by atoms with E-state index >= 15 is 0 Å². The van der Waals surface area contributed by atoms with Crippen LogP contribution in [0.3, 0.4) is 0 Å². The second-order valence-electron chi connectivity index (χ2n) is 9.71. The molecule has 15 heteroatoms. The minimum Gasteiger partial charge on any atom is -0.507 e. The average Bonchev–Trinajstić information content (AvgIpc) is 2.93. The molecule has 9 atom stereocenters. The molecule has 0 unspecified atom stereocenters. The first-order chi connectivity index (χ1) is 19.4. The van der Waals surface area contributed by atoms with Crippen molar-refractivity contribution >= 4 is 11.0 Å². The van der Waals surface area contributed by atoms with Gasteiger partial charge in [0, 0.05) is 23.8 Å². The summed E-state index contributed by atoms with van der Waals surface area (Å²) in [5, 5.41) is 90.3. The van der Waals surface area contributed by atoms with Crippen LogP contribution in [0.15, 0.2) is 45.6 Å². The minimum atomic E-state index is -1.79. The number of rotatable bonds is 6. The van der Waals surface area contributed by atoms with E-state index in [1.165, 1.54) is 24.3 Å². The molecule has 222 valence electrons. The summed E-state index contributed by atoms with van der Waals surface area (Å²) >= 11 is 0. The zero-order valence-electron chi connectivity index (χ0n) is 21.0. The van der Waals surface area contributed by atoms with Gasteiger partial charge in [-0.3, -0.25) is 4.79 Å². The Labute approximate surface area is 230 Å². The van der Waals surface area contributed by atoms with E-state index in [0.717, 1.165) is 12.1 Å². The summed E-state index contributed by atoms with van der Waals surface area (Å²) in [5.41, 5.74) is -0.539. The first-order valence-corrected chi connectivity index (χ1v) is 12.4. The second-order valence-corrected chi connectivity index (χ2v) is 9.71. The number of ether oxygens (including phenoxy) is 4. The van der Waals surface area contributed by atoms with E-state index in [9.17, 15) is 50.8 Å². The Kier molecular flexibility index (Phi) is 8.06. The number of fused-ring (bicyclic) bond motifs is 1. The standard InChI is InChI=1S/C26H28O15/c27-11-2-1-9(3-12(11)28)16-6-14(30)19-13(29)4-10(5-17(19)40-16)39-26-24(36)22(34)21(33)18(41-26)8-38-25-23(35)20(32)15(31)7-37-25/h1-6,15,18,20-29,31-36H,7-8H2/t15-,18-,20-,21-,22+,23+,24-,25+,26-/m1/s1. The Bertz CT molecular complexity index is 1460. The van der Waals surface area contributed by atoms with Crippen LogP contribution in [-0.2, 0) is 14.2 Å². The number of aromatic hydroxyl groups is 3. The van der Waals surface area contributed by atoms with Crippen molar-refractivity contribution < 1.29 is 69.3 Å². The highest BCUT2D eigenvalue weighted by molar-refractivity contribution is 5.86. The number of phenolic OH excluding ortho intramolecular Hbond substituents is 3. The maximum atomic E-state index is 12.7. The predicted octanol–water partition coefficient (Wildman–Crippen LogP) is -1.78. The lowest BCUT2D eigenvalue weighted by Gasteiger charge is -2.41. The summed E-state index contributed by atoms with van der Waals surface area (Å²) in [6, 6.07) is 7.08. The molecule has 2 aliphatic rings. The van der Waals surface area contributed by atoms with E-state index in [2.05, 4.69) is 0 Å². The van der Waals surface area contributed by atoms with Crippen LogP contribution in [0.2, 0.25) is 0 Å². The molecule has 0 amide bonds. The van der Waals surface area contributed by atoms with Crippen LogP contribution in [0.5, 0.6) is 23.0 Å². The predicted molar refractivity (Wildman–Crippen MR) is 134 cm³/mol. The van der Waals surface area contributed by atoms with Crippen molar-refractivity contribution in [3.8, 4) is 34.3 Å². The van der Waals surface area contributed by atoms with Gasteiger partial charge in [-0.1, -0.05) is 0 Å². The third-order valence-electron chi connectivity index (χ3n) is 6.84. The molecule has 9 N–H and O–H groups in total. The van der Waals surface area contributed by atoms with E-state index in [4.69, 9.17) is 23.4 Å². The molecule has 0 radical (unpaired) electrons. The maximum Gasteiger partial charge on any atom is 0.229 e. The first kappa shape index (κ1) is 29.0.